The van der Waals surface area contributed by atoms with Gasteiger partial charge in [0.15, 0.2) is 0 Å². The van der Waals surface area contributed by atoms with Crippen molar-refractivity contribution < 1.29 is 9.59 Å². The number of carbonyl (C=O) groups excluding carboxylic acids is 2. The first-order chi connectivity index (χ1) is 9.20. The molecule has 19 heavy (non-hydrogen) atoms. The third-order valence-corrected chi connectivity index (χ3v) is 3.34. The number of halogens is 1. The van der Waals surface area contributed by atoms with Crippen LogP contribution in [0.3, 0.4) is 0 Å². The van der Waals surface area contributed by atoms with Crippen LogP contribution in [0.5, 0.6) is 0 Å². The molecule has 102 valence electrons. The Morgan fingerprint density at radius 2 is 2.05 bits per heavy atom. The van der Waals surface area contributed by atoms with E-state index in [1.165, 1.54) is 0 Å². The van der Waals surface area contributed by atoms with Crippen LogP contribution in [0.2, 0.25) is 0 Å². The van der Waals surface area contributed by atoms with Crippen molar-refractivity contribution in [1.29, 1.82) is 0 Å². The minimum atomic E-state index is -0.0364. The molecule has 0 aliphatic carbocycles. The van der Waals surface area contributed by atoms with Crippen molar-refractivity contribution in [3.8, 4) is 0 Å². The molecule has 1 aromatic rings. The Kier molecular flexibility index (Phi) is 4.80. The zero-order chi connectivity index (χ0) is 13.7. The molecule has 1 aliphatic rings. The number of hydrogen-bond donors (Lipinski definition) is 1. The summed E-state index contributed by atoms with van der Waals surface area (Å²) < 4.78 is 0. The van der Waals surface area contributed by atoms with Crippen molar-refractivity contribution in [3.63, 3.8) is 0 Å². The fourth-order valence-corrected chi connectivity index (χ4v) is 2.23. The molecule has 2 rings (SSSR count). The van der Waals surface area contributed by atoms with Crippen LogP contribution in [0, 0.1) is 0 Å². The summed E-state index contributed by atoms with van der Waals surface area (Å²) in [5.74, 6) is 0.619. The van der Waals surface area contributed by atoms with Crippen LogP contribution < -0.4 is 10.2 Å². The van der Waals surface area contributed by atoms with Gasteiger partial charge in [0.1, 0.15) is 0 Å². The zero-order valence-corrected chi connectivity index (χ0v) is 11.4. The second kappa shape index (κ2) is 6.57. The van der Waals surface area contributed by atoms with Gasteiger partial charge in [-0.1, -0.05) is 0 Å². The average molecular weight is 281 g/mol. The molecule has 0 atom stereocenters. The van der Waals surface area contributed by atoms with Crippen molar-refractivity contribution in [2.45, 2.75) is 25.7 Å². The van der Waals surface area contributed by atoms with Gasteiger partial charge in [-0.3, -0.25) is 9.59 Å². The molecule has 0 radical (unpaired) electrons. The van der Waals surface area contributed by atoms with E-state index in [-0.39, 0.29) is 11.8 Å². The summed E-state index contributed by atoms with van der Waals surface area (Å²) in [4.78, 5) is 24.9. The number of rotatable bonds is 5. The van der Waals surface area contributed by atoms with Crippen LogP contribution >= 0.6 is 11.6 Å². The average Bonchev–Trinajstić information content (AvgIpc) is 2.83. The molecule has 0 unspecified atom stereocenters. The first-order valence-electron chi connectivity index (χ1n) is 6.47. The minimum Gasteiger partial charge on any atom is -0.326 e. The molecule has 5 heteroatoms. The topological polar surface area (TPSA) is 49.4 Å². The summed E-state index contributed by atoms with van der Waals surface area (Å²) >= 11 is 5.54. The molecule has 0 saturated carbocycles. The number of nitrogens with zero attached hydrogens (tertiary/aromatic N) is 1. The second-order valence-corrected chi connectivity index (χ2v) is 4.91. The summed E-state index contributed by atoms with van der Waals surface area (Å²) in [5.41, 5.74) is 1.64. The molecule has 0 spiro atoms. The Morgan fingerprint density at radius 1 is 1.32 bits per heavy atom. The van der Waals surface area contributed by atoms with Gasteiger partial charge in [-0.05, 0) is 37.1 Å². The lowest BCUT2D eigenvalue weighted by Gasteiger charge is -2.16. The molecule has 0 bridgehead atoms. The highest BCUT2D eigenvalue weighted by molar-refractivity contribution is 6.18. The van der Waals surface area contributed by atoms with Crippen molar-refractivity contribution >= 4 is 34.8 Å². The van der Waals surface area contributed by atoms with Crippen molar-refractivity contribution in [2.24, 2.45) is 0 Å². The van der Waals surface area contributed by atoms with Gasteiger partial charge < -0.3 is 10.2 Å². The number of carbonyl (C=O) groups is 2. The lowest BCUT2D eigenvalue weighted by atomic mass is 10.2. The smallest absolute Gasteiger partial charge is 0.227 e. The van der Waals surface area contributed by atoms with Gasteiger partial charge in [0.05, 0.1) is 0 Å². The summed E-state index contributed by atoms with van der Waals surface area (Å²) in [6.07, 6.45) is 2.64. The van der Waals surface area contributed by atoms with E-state index in [0.29, 0.717) is 25.1 Å². The van der Waals surface area contributed by atoms with Gasteiger partial charge in [-0.25, -0.2) is 0 Å². The Labute approximate surface area is 117 Å². The molecule has 0 aromatic heterocycles. The third-order valence-electron chi connectivity index (χ3n) is 3.07. The number of amides is 2. The van der Waals surface area contributed by atoms with Crippen LogP contribution in [0.25, 0.3) is 0 Å². The highest BCUT2D eigenvalue weighted by Crippen LogP contribution is 2.23. The van der Waals surface area contributed by atoms with E-state index < -0.39 is 0 Å². The highest BCUT2D eigenvalue weighted by Gasteiger charge is 2.21. The number of nitrogens with one attached hydrogen (secondary N) is 1. The van der Waals surface area contributed by atoms with E-state index in [0.717, 1.165) is 24.3 Å². The lowest BCUT2D eigenvalue weighted by Crippen LogP contribution is -2.23. The molecule has 1 aromatic carbocycles. The second-order valence-electron chi connectivity index (χ2n) is 4.54. The van der Waals surface area contributed by atoms with Gasteiger partial charge in [-0.15, -0.1) is 11.6 Å². The van der Waals surface area contributed by atoms with Gasteiger partial charge in [0.2, 0.25) is 11.8 Å². The van der Waals surface area contributed by atoms with E-state index in [4.69, 9.17) is 11.6 Å². The number of hydrogen-bond acceptors (Lipinski definition) is 2. The van der Waals surface area contributed by atoms with Gasteiger partial charge in [0.25, 0.3) is 0 Å². The largest absolute Gasteiger partial charge is 0.326 e. The lowest BCUT2D eigenvalue weighted by molar-refractivity contribution is -0.117. The van der Waals surface area contributed by atoms with Gasteiger partial charge in [0, 0.05) is 36.6 Å². The van der Waals surface area contributed by atoms with Gasteiger partial charge >= 0.3 is 0 Å². The first kappa shape index (κ1) is 13.9. The van der Waals surface area contributed by atoms with Crippen LogP contribution in [-0.2, 0) is 9.59 Å². The summed E-state index contributed by atoms with van der Waals surface area (Å²) in [6.45, 7) is 0.778. The molecular weight excluding hydrogens is 264 g/mol. The molecule has 1 N–H and O–H groups in total. The predicted octanol–water partition coefficient (Wildman–Crippen LogP) is 2.77. The third kappa shape index (κ3) is 3.70. The molecule has 1 saturated heterocycles. The van der Waals surface area contributed by atoms with Crippen molar-refractivity contribution in [2.75, 3.05) is 22.6 Å². The Morgan fingerprint density at radius 3 is 2.63 bits per heavy atom. The molecule has 1 aliphatic heterocycles. The Balaban J connectivity index is 1.94. The predicted molar refractivity (Wildman–Crippen MR) is 76.6 cm³/mol. The van der Waals surface area contributed by atoms with Crippen LogP contribution in [0.4, 0.5) is 11.4 Å². The molecule has 2 amide bonds. The number of anilines is 2. The molecule has 1 fully saturated rings. The maximum absolute atomic E-state index is 11.6. The highest BCUT2D eigenvalue weighted by atomic mass is 35.5. The first-order valence-corrected chi connectivity index (χ1v) is 7.00. The summed E-state index contributed by atoms with van der Waals surface area (Å²) in [7, 11) is 0. The standard InChI is InChI=1S/C14H17ClN2O2/c15-9-1-3-13(18)16-11-5-7-12(8-6-11)17-10-2-4-14(17)19/h5-8H,1-4,9-10H2,(H,16,18). The van der Waals surface area contributed by atoms with Crippen LogP contribution in [-0.4, -0.2) is 24.2 Å². The van der Waals surface area contributed by atoms with E-state index in [1.54, 1.807) is 4.90 Å². The minimum absolute atomic E-state index is 0.0364. The molecule has 4 nitrogen and oxygen atoms in total. The Bertz CT molecular complexity index is 459. The van der Waals surface area contributed by atoms with Gasteiger partial charge in [-0.2, -0.15) is 0 Å². The maximum Gasteiger partial charge on any atom is 0.227 e. The number of benzene rings is 1. The quantitative estimate of drug-likeness (QED) is 0.843. The van der Waals surface area contributed by atoms with Crippen LogP contribution in [0.1, 0.15) is 25.7 Å². The summed E-state index contributed by atoms with van der Waals surface area (Å²) in [6, 6.07) is 7.36. The summed E-state index contributed by atoms with van der Waals surface area (Å²) in [5, 5.41) is 2.80. The molecule has 1 heterocycles. The monoisotopic (exact) mass is 280 g/mol. The number of alkyl halides is 1. The van der Waals surface area contributed by atoms with Crippen molar-refractivity contribution in [3.05, 3.63) is 24.3 Å². The van der Waals surface area contributed by atoms with Crippen LogP contribution in [0.15, 0.2) is 24.3 Å². The van der Waals surface area contributed by atoms with E-state index >= 15 is 0 Å². The normalized spacial score (nSPS) is 14.8. The van der Waals surface area contributed by atoms with E-state index in [9.17, 15) is 9.59 Å². The molecular formula is C14H17ClN2O2. The SMILES string of the molecule is O=C(CCCCl)Nc1ccc(N2CCCC2=O)cc1. The fourth-order valence-electron chi connectivity index (χ4n) is 2.10. The van der Waals surface area contributed by atoms with Crippen molar-refractivity contribution in [1.82, 2.24) is 0 Å². The van der Waals surface area contributed by atoms with E-state index in [2.05, 4.69) is 5.32 Å². The maximum atomic E-state index is 11.6. The zero-order valence-electron chi connectivity index (χ0n) is 10.7. The Hall–Kier alpha value is -1.55. The fraction of sp³-hybridized carbons (Fsp3) is 0.429. The van der Waals surface area contributed by atoms with E-state index in [1.807, 2.05) is 24.3 Å².